The topological polar surface area (TPSA) is 214 Å². The minimum atomic E-state index is -2.75. The number of carbonyl (C=O) groups is 2. The van der Waals surface area contributed by atoms with Crippen molar-refractivity contribution in [3.63, 3.8) is 0 Å². The van der Waals surface area contributed by atoms with Crippen LogP contribution < -0.4 is 9.47 Å². The number of hydrogen-bond donors (Lipinski definition) is 8. The van der Waals surface area contributed by atoms with Gasteiger partial charge in [0.25, 0.3) is 0 Å². The molecule has 268 valence electrons. The monoisotopic (exact) mass is 708 g/mol. The average Bonchev–Trinajstić information content (AvgIpc) is 3.30. The Balaban J connectivity index is 1.43. The number of benzene rings is 4. The van der Waals surface area contributed by atoms with Gasteiger partial charge in [0.2, 0.25) is 11.4 Å². The van der Waals surface area contributed by atoms with Crippen molar-refractivity contribution in [3.05, 3.63) is 112 Å². The summed E-state index contributed by atoms with van der Waals surface area (Å²) >= 11 is 0. The first kappa shape index (κ1) is 34.3. The maximum absolute atomic E-state index is 14.6. The molecule has 0 aromatic heterocycles. The number of phenols is 7. The zero-order valence-electron chi connectivity index (χ0n) is 28.3. The van der Waals surface area contributed by atoms with Crippen molar-refractivity contribution in [2.45, 2.75) is 56.8 Å². The molecule has 4 aromatic rings. The van der Waals surface area contributed by atoms with Crippen LogP contribution in [0.3, 0.4) is 0 Å². The van der Waals surface area contributed by atoms with Crippen molar-refractivity contribution in [1.82, 2.24) is 0 Å². The maximum atomic E-state index is 14.6. The second-order valence-electron chi connectivity index (χ2n) is 13.9. The number of fused-ring (bicyclic) bond motifs is 4. The fourth-order valence-electron chi connectivity index (χ4n) is 7.85. The molecule has 0 fully saturated rings. The Hall–Kier alpha value is -6.14. The van der Waals surface area contributed by atoms with Gasteiger partial charge < -0.3 is 50.3 Å². The van der Waals surface area contributed by atoms with E-state index in [0.29, 0.717) is 5.57 Å². The fraction of sp³-hybridized carbons (Fsp3) is 0.250. The molecule has 2 unspecified atom stereocenters. The SMILES string of the molecule is CC(C)=CCC12Oc3cc(O)c([C@H]4C=C(C)C[C@H](c5ccc(O)cc5O)[C@H]4C(=O)c4ccc(O)cc4O)c(O)c3C(=O)C1(O)Oc1cc(O)ccc12. The lowest BCUT2D eigenvalue weighted by Gasteiger charge is -2.43. The largest absolute Gasteiger partial charge is 0.508 e. The first-order chi connectivity index (χ1) is 24.6. The Kier molecular flexibility index (Phi) is 7.91. The zero-order valence-corrected chi connectivity index (χ0v) is 28.3. The normalized spacial score (nSPS) is 24.4. The van der Waals surface area contributed by atoms with Crippen molar-refractivity contribution in [1.29, 1.82) is 0 Å². The van der Waals surface area contributed by atoms with E-state index in [2.05, 4.69) is 0 Å². The fourth-order valence-corrected chi connectivity index (χ4v) is 7.85. The van der Waals surface area contributed by atoms with Crippen LogP contribution in [0.15, 0.2) is 84.0 Å². The number of ether oxygens (including phenoxy) is 2. The van der Waals surface area contributed by atoms with E-state index < -0.39 is 63.5 Å². The molecular formula is C40H36O12. The lowest BCUT2D eigenvalue weighted by molar-refractivity contribution is -0.201. The second-order valence-corrected chi connectivity index (χ2v) is 13.9. The summed E-state index contributed by atoms with van der Waals surface area (Å²) in [5.74, 6) is -11.1. The van der Waals surface area contributed by atoms with E-state index >= 15 is 0 Å². The first-order valence-corrected chi connectivity index (χ1v) is 16.5. The van der Waals surface area contributed by atoms with Crippen LogP contribution in [0.1, 0.15) is 82.9 Å². The number of carbonyl (C=O) groups excluding carboxylic acids is 2. The Labute approximate surface area is 297 Å². The number of phenolic OH excluding ortho intramolecular Hbond substituents is 7. The molecule has 2 heterocycles. The average molecular weight is 709 g/mol. The van der Waals surface area contributed by atoms with Crippen LogP contribution in [0, 0.1) is 5.92 Å². The number of Topliss-reactive ketones (excluding diaryl/α,β-unsaturated/α-hetero) is 2. The van der Waals surface area contributed by atoms with Crippen LogP contribution in [0.25, 0.3) is 0 Å². The summed E-state index contributed by atoms with van der Waals surface area (Å²) in [6.07, 6.45) is 3.48. The third-order valence-corrected chi connectivity index (χ3v) is 10.2. The third kappa shape index (κ3) is 5.09. The molecule has 1 aliphatic carbocycles. The smallest absolute Gasteiger partial charge is 0.318 e. The molecule has 0 saturated heterocycles. The summed E-state index contributed by atoms with van der Waals surface area (Å²) in [5, 5.41) is 87.8. The molecular weight excluding hydrogens is 672 g/mol. The second kappa shape index (κ2) is 12.0. The maximum Gasteiger partial charge on any atom is 0.318 e. The Morgan fingerprint density at radius 3 is 2.15 bits per heavy atom. The van der Waals surface area contributed by atoms with E-state index in [4.69, 9.17) is 9.47 Å². The number of hydrogen-bond acceptors (Lipinski definition) is 12. The number of aliphatic hydroxyl groups is 1. The predicted octanol–water partition coefficient (Wildman–Crippen LogP) is 6.25. The molecule has 0 spiro atoms. The van der Waals surface area contributed by atoms with Crippen molar-refractivity contribution >= 4 is 11.6 Å². The molecule has 0 radical (unpaired) electrons. The van der Waals surface area contributed by atoms with Gasteiger partial charge in [-0.1, -0.05) is 29.4 Å². The third-order valence-electron chi connectivity index (χ3n) is 10.2. The highest BCUT2D eigenvalue weighted by atomic mass is 16.7. The Morgan fingerprint density at radius 1 is 0.827 bits per heavy atom. The highest BCUT2D eigenvalue weighted by Crippen LogP contribution is 2.61. The van der Waals surface area contributed by atoms with Crippen molar-refractivity contribution in [2.24, 2.45) is 5.92 Å². The van der Waals surface area contributed by atoms with E-state index in [0.717, 1.165) is 23.8 Å². The molecule has 52 heavy (non-hydrogen) atoms. The quantitative estimate of drug-likeness (QED) is 0.0824. The number of rotatable bonds is 6. The van der Waals surface area contributed by atoms with Gasteiger partial charge in [0, 0.05) is 59.6 Å². The zero-order chi connectivity index (χ0) is 37.4. The predicted molar refractivity (Wildman–Crippen MR) is 185 cm³/mol. The molecule has 12 nitrogen and oxygen atoms in total. The number of aromatic hydroxyl groups is 7. The molecule has 0 saturated carbocycles. The highest BCUT2D eigenvalue weighted by Gasteiger charge is 2.70. The van der Waals surface area contributed by atoms with Crippen LogP contribution in [0.2, 0.25) is 0 Å². The van der Waals surface area contributed by atoms with E-state index in [1.807, 2.05) is 13.8 Å². The minimum Gasteiger partial charge on any atom is -0.508 e. The molecule has 7 rings (SSSR count). The van der Waals surface area contributed by atoms with Crippen LogP contribution in [0.4, 0.5) is 0 Å². The molecule has 2 aliphatic heterocycles. The first-order valence-electron chi connectivity index (χ1n) is 16.5. The van der Waals surface area contributed by atoms with Gasteiger partial charge in [-0.25, -0.2) is 0 Å². The Bertz CT molecular complexity index is 2250. The molecule has 3 aliphatic rings. The van der Waals surface area contributed by atoms with Gasteiger partial charge in [-0.2, -0.15) is 0 Å². The van der Waals surface area contributed by atoms with E-state index in [-0.39, 0.29) is 69.6 Å². The van der Waals surface area contributed by atoms with Gasteiger partial charge >= 0.3 is 5.79 Å². The summed E-state index contributed by atoms with van der Waals surface area (Å²) in [6.45, 7) is 5.37. The lowest BCUT2D eigenvalue weighted by Crippen LogP contribution is -2.62. The molecule has 0 bridgehead atoms. The van der Waals surface area contributed by atoms with E-state index in [1.165, 1.54) is 42.5 Å². The van der Waals surface area contributed by atoms with E-state index in [9.17, 15) is 50.4 Å². The minimum absolute atomic E-state index is 0.0310. The summed E-state index contributed by atoms with van der Waals surface area (Å²) < 4.78 is 12.3. The molecule has 4 aromatic carbocycles. The van der Waals surface area contributed by atoms with E-state index in [1.54, 1.807) is 19.1 Å². The van der Waals surface area contributed by atoms with Crippen LogP contribution in [-0.4, -0.2) is 58.2 Å². The van der Waals surface area contributed by atoms with Crippen molar-refractivity contribution < 1.29 is 59.9 Å². The van der Waals surface area contributed by atoms with Crippen molar-refractivity contribution in [3.8, 4) is 51.7 Å². The van der Waals surface area contributed by atoms with Gasteiger partial charge in [-0.3, -0.25) is 9.59 Å². The van der Waals surface area contributed by atoms with Gasteiger partial charge in [-0.05, 0) is 63.1 Å². The van der Waals surface area contributed by atoms with Crippen LogP contribution >= 0.6 is 0 Å². The van der Waals surface area contributed by atoms with Crippen molar-refractivity contribution in [2.75, 3.05) is 0 Å². The van der Waals surface area contributed by atoms with Gasteiger partial charge in [0.15, 0.2) is 5.78 Å². The van der Waals surface area contributed by atoms with Gasteiger partial charge in [0.1, 0.15) is 57.3 Å². The Morgan fingerprint density at radius 2 is 1.48 bits per heavy atom. The van der Waals surface area contributed by atoms with Gasteiger partial charge in [-0.15, -0.1) is 0 Å². The summed E-state index contributed by atoms with van der Waals surface area (Å²) in [5.41, 5.74) is -0.891. The summed E-state index contributed by atoms with van der Waals surface area (Å²) in [6, 6.07) is 12.5. The molecule has 0 amide bonds. The summed E-state index contributed by atoms with van der Waals surface area (Å²) in [7, 11) is 0. The lowest BCUT2D eigenvalue weighted by atomic mass is 9.65. The highest BCUT2D eigenvalue weighted by molar-refractivity contribution is 6.09. The number of ketones is 2. The van der Waals surface area contributed by atoms with Gasteiger partial charge in [0.05, 0.1) is 5.56 Å². The molecule has 8 N–H and O–H groups in total. The standard InChI is InChI=1S/C40H36O12/c1-18(2)10-11-39-27-9-6-22(43)16-31(27)52-40(39,50)38(49)35-32(51-39)17-30(46)34(37(35)48)26-13-19(3)12-25(23-7-4-20(41)14-28(23)44)33(26)36(47)24-8-5-21(42)15-29(24)45/h4-10,13-17,25-26,33,41-46,48,50H,11-12H2,1-3H3/t25-,26+,33-,39?,40?/m1/s1. The van der Waals surface area contributed by atoms with Crippen LogP contribution in [-0.2, 0) is 5.60 Å². The number of allylic oxidation sites excluding steroid dienone is 3. The van der Waals surface area contributed by atoms with Crippen LogP contribution in [0.5, 0.6) is 51.7 Å². The molecule has 12 heteroatoms. The summed E-state index contributed by atoms with van der Waals surface area (Å²) in [4.78, 5) is 29.1. The molecule has 5 atom stereocenters.